The minimum absolute atomic E-state index is 0.424. The zero-order chi connectivity index (χ0) is 16.9. The number of ether oxygens (including phenoxy) is 2. The summed E-state index contributed by atoms with van der Waals surface area (Å²) in [6, 6.07) is 6.21. The first-order chi connectivity index (χ1) is 11.7. The molecule has 4 unspecified atom stereocenters. The van der Waals surface area contributed by atoms with Crippen molar-refractivity contribution in [3.8, 4) is 5.75 Å². The Hall–Kier alpha value is -1.06. The summed E-state index contributed by atoms with van der Waals surface area (Å²) in [5, 5.41) is 9.73. The zero-order valence-electron chi connectivity index (χ0n) is 15.2. The van der Waals surface area contributed by atoms with Crippen LogP contribution in [0, 0.1) is 24.7 Å². The van der Waals surface area contributed by atoms with Crippen molar-refractivity contribution < 1.29 is 14.6 Å². The summed E-state index contributed by atoms with van der Waals surface area (Å²) in [5.74, 6) is 3.87. The van der Waals surface area contributed by atoms with Gasteiger partial charge in [-0.3, -0.25) is 0 Å². The molecular weight excluding hydrogens is 300 g/mol. The second-order valence-corrected chi connectivity index (χ2v) is 7.74. The molecule has 3 nitrogen and oxygen atoms in total. The summed E-state index contributed by atoms with van der Waals surface area (Å²) < 4.78 is 10.5. The molecule has 1 aromatic rings. The fraction of sp³-hybridized carbons (Fsp3) is 0.714. The second-order valence-electron chi connectivity index (χ2n) is 7.74. The van der Waals surface area contributed by atoms with E-state index in [4.69, 9.17) is 9.47 Å². The number of hydrogen-bond donors (Lipinski definition) is 1. The average molecular weight is 332 g/mol. The van der Waals surface area contributed by atoms with Gasteiger partial charge in [-0.25, -0.2) is 0 Å². The summed E-state index contributed by atoms with van der Waals surface area (Å²) in [7, 11) is 1.71. The molecule has 2 saturated carbocycles. The van der Waals surface area contributed by atoms with E-state index in [-0.39, 0.29) is 0 Å². The van der Waals surface area contributed by atoms with Crippen molar-refractivity contribution in [1.29, 1.82) is 0 Å². The van der Waals surface area contributed by atoms with Crippen molar-refractivity contribution in [3.05, 3.63) is 29.3 Å². The Morgan fingerprint density at radius 3 is 2.62 bits per heavy atom. The molecule has 0 spiro atoms. The highest BCUT2D eigenvalue weighted by Gasteiger charge is 2.45. The molecule has 24 heavy (non-hydrogen) atoms. The van der Waals surface area contributed by atoms with Gasteiger partial charge in [0.25, 0.3) is 0 Å². The van der Waals surface area contributed by atoms with Gasteiger partial charge >= 0.3 is 0 Å². The molecule has 0 aromatic heterocycles. The minimum atomic E-state index is 0.424. The van der Waals surface area contributed by atoms with Gasteiger partial charge in [0.2, 0.25) is 0 Å². The fourth-order valence-corrected chi connectivity index (χ4v) is 4.92. The third kappa shape index (κ3) is 4.12. The molecule has 134 valence electrons. The quantitative estimate of drug-likeness (QED) is 0.668. The average Bonchev–Trinajstić information content (AvgIpc) is 3.17. The highest BCUT2D eigenvalue weighted by Crippen LogP contribution is 2.57. The summed E-state index contributed by atoms with van der Waals surface area (Å²) in [6.45, 7) is 4.30. The Balaban J connectivity index is 1.40. The molecule has 2 aliphatic rings. The van der Waals surface area contributed by atoms with E-state index in [2.05, 4.69) is 12.1 Å². The number of rotatable bonds is 9. The van der Waals surface area contributed by atoms with Crippen LogP contribution in [0.2, 0.25) is 0 Å². The first kappa shape index (κ1) is 17.8. The highest BCUT2D eigenvalue weighted by atomic mass is 16.5. The van der Waals surface area contributed by atoms with E-state index in [1.165, 1.54) is 44.1 Å². The van der Waals surface area contributed by atoms with Gasteiger partial charge in [-0.05, 0) is 73.5 Å². The summed E-state index contributed by atoms with van der Waals surface area (Å²) in [6.07, 6.45) is 8.02. The van der Waals surface area contributed by atoms with Crippen molar-refractivity contribution in [2.45, 2.75) is 51.4 Å². The van der Waals surface area contributed by atoms with Gasteiger partial charge in [-0.2, -0.15) is 0 Å². The zero-order valence-corrected chi connectivity index (χ0v) is 15.2. The molecular formula is C21H32O3. The van der Waals surface area contributed by atoms with Crippen LogP contribution in [0.15, 0.2) is 18.2 Å². The lowest BCUT2D eigenvalue weighted by Gasteiger charge is -2.28. The minimum Gasteiger partial charge on any atom is -0.508 e. The predicted octanol–water partition coefficient (Wildman–Crippen LogP) is 4.66. The van der Waals surface area contributed by atoms with Crippen LogP contribution in [-0.2, 0) is 9.47 Å². The molecule has 2 aliphatic carbocycles. The lowest BCUT2D eigenvalue weighted by atomic mass is 9.77. The van der Waals surface area contributed by atoms with Gasteiger partial charge in [0, 0.05) is 13.7 Å². The largest absolute Gasteiger partial charge is 0.508 e. The normalized spacial score (nSPS) is 28.6. The molecule has 0 radical (unpaired) electrons. The van der Waals surface area contributed by atoms with E-state index in [1.54, 1.807) is 7.11 Å². The summed E-state index contributed by atoms with van der Waals surface area (Å²) in [5.41, 5.74) is 2.46. The van der Waals surface area contributed by atoms with Crippen LogP contribution in [0.4, 0.5) is 0 Å². The van der Waals surface area contributed by atoms with Crippen LogP contribution in [0.25, 0.3) is 0 Å². The van der Waals surface area contributed by atoms with Crippen LogP contribution in [0.3, 0.4) is 0 Å². The van der Waals surface area contributed by atoms with Gasteiger partial charge in [-0.1, -0.05) is 25.0 Å². The molecule has 2 bridgehead atoms. The third-order valence-electron chi connectivity index (χ3n) is 6.20. The first-order valence-corrected chi connectivity index (χ1v) is 9.55. The van der Waals surface area contributed by atoms with E-state index in [0.717, 1.165) is 42.4 Å². The molecule has 2 fully saturated rings. The van der Waals surface area contributed by atoms with Gasteiger partial charge in [-0.15, -0.1) is 0 Å². The number of fused-ring (bicyclic) bond motifs is 2. The Labute approximate surface area is 146 Å². The molecule has 1 aromatic carbocycles. The maximum atomic E-state index is 9.73. The Kier molecular flexibility index (Phi) is 6.18. The topological polar surface area (TPSA) is 38.7 Å². The first-order valence-electron chi connectivity index (χ1n) is 9.55. The van der Waals surface area contributed by atoms with Crippen molar-refractivity contribution >= 4 is 0 Å². The van der Waals surface area contributed by atoms with Crippen molar-refractivity contribution in [2.75, 3.05) is 26.9 Å². The molecule has 4 atom stereocenters. The maximum Gasteiger partial charge on any atom is 0.118 e. The standard InChI is InChI=1S/C21H32O3/c1-15-11-17(6-7-21(15)22)20-14-18-13-19(20)12-16(18)5-3-4-8-24-10-9-23-2/h6-7,11,16,18-20,22H,3-5,8-10,12-14H2,1-2H3. The Bertz CT molecular complexity index is 528. The Morgan fingerprint density at radius 1 is 1.04 bits per heavy atom. The fourth-order valence-electron chi connectivity index (χ4n) is 4.92. The monoisotopic (exact) mass is 332 g/mol. The lowest BCUT2D eigenvalue weighted by molar-refractivity contribution is 0.0678. The van der Waals surface area contributed by atoms with E-state index in [0.29, 0.717) is 12.4 Å². The van der Waals surface area contributed by atoms with Gasteiger partial charge in [0.1, 0.15) is 5.75 Å². The van der Waals surface area contributed by atoms with Gasteiger partial charge in [0.05, 0.1) is 13.2 Å². The molecule has 3 heteroatoms. The number of unbranched alkanes of at least 4 members (excludes halogenated alkanes) is 1. The molecule has 3 rings (SSSR count). The van der Waals surface area contributed by atoms with E-state index in [9.17, 15) is 5.11 Å². The number of phenols is 1. The SMILES string of the molecule is COCCOCCCCC1CC2CC1CC2c1ccc(O)c(C)c1. The second kappa shape index (κ2) is 8.35. The van der Waals surface area contributed by atoms with Crippen LogP contribution in [-0.4, -0.2) is 32.0 Å². The van der Waals surface area contributed by atoms with Crippen molar-refractivity contribution in [3.63, 3.8) is 0 Å². The summed E-state index contributed by atoms with van der Waals surface area (Å²) >= 11 is 0. The number of phenolic OH excluding ortho intramolecular Hbond substituents is 1. The van der Waals surface area contributed by atoms with Crippen LogP contribution in [0.5, 0.6) is 5.75 Å². The number of methoxy groups -OCH3 is 1. The van der Waals surface area contributed by atoms with E-state index >= 15 is 0 Å². The maximum absolute atomic E-state index is 9.73. The van der Waals surface area contributed by atoms with E-state index < -0.39 is 0 Å². The number of hydrogen-bond acceptors (Lipinski definition) is 3. The smallest absolute Gasteiger partial charge is 0.118 e. The number of aryl methyl sites for hydroxylation is 1. The third-order valence-corrected chi connectivity index (χ3v) is 6.20. The lowest BCUT2D eigenvalue weighted by Crippen LogP contribution is -2.17. The van der Waals surface area contributed by atoms with Gasteiger partial charge < -0.3 is 14.6 Å². The molecule has 1 N–H and O–H groups in total. The molecule has 0 heterocycles. The van der Waals surface area contributed by atoms with Crippen LogP contribution < -0.4 is 0 Å². The molecule has 0 saturated heterocycles. The highest BCUT2D eigenvalue weighted by molar-refractivity contribution is 5.37. The summed E-state index contributed by atoms with van der Waals surface area (Å²) in [4.78, 5) is 0. The molecule has 0 amide bonds. The Morgan fingerprint density at radius 2 is 1.92 bits per heavy atom. The predicted molar refractivity (Wildman–Crippen MR) is 96.5 cm³/mol. The van der Waals surface area contributed by atoms with Crippen LogP contribution in [0.1, 0.15) is 55.6 Å². The van der Waals surface area contributed by atoms with Crippen molar-refractivity contribution in [2.24, 2.45) is 17.8 Å². The van der Waals surface area contributed by atoms with Crippen molar-refractivity contribution in [1.82, 2.24) is 0 Å². The number of aromatic hydroxyl groups is 1. The van der Waals surface area contributed by atoms with Gasteiger partial charge in [0.15, 0.2) is 0 Å². The molecule has 0 aliphatic heterocycles. The van der Waals surface area contributed by atoms with E-state index in [1.807, 2.05) is 13.0 Å². The number of benzene rings is 1. The van der Waals surface area contributed by atoms with Crippen LogP contribution >= 0.6 is 0 Å².